The second-order valence-corrected chi connectivity index (χ2v) is 7.47. The van der Waals surface area contributed by atoms with E-state index in [-0.39, 0.29) is 11.7 Å². The van der Waals surface area contributed by atoms with E-state index in [1.54, 1.807) is 37.3 Å². The normalized spacial score (nSPS) is 11.1. The summed E-state index contributed by atoms with van der Waals surface area (Å²) in [5.74, 6) is 0.512. The number of aromatic amines is 1. The van der Waals surface area contributed by atoms with Gasteiger partial charge in [-0.05, 0) is 36.8 Å². The quantitative estimate of drug-likeness (QED) is 0.388. The molecule has 0 fully saturated rings. The molecule has 3 aromatic carbocycles. The maximum atomic E-state index is 14.0. The van der Waals surface area contributed by atoms with Gasteiger partial charge in [0.25, 0.3) is 5.91 Å². The Labute approximate surface area is 183 Å². The topological polar surface area (TPSA) is 83.8 Å². The molecule has 0 spiro atoms. The fraction of sp³-hybridized carbons (Fsp3) is 0.0800. The number of hydrogen-bond donors (Lipinski definition) is 2. The van der Waals surface area contributed by atoms with Crippen LogP contribution >= 0.6 is 0 Å². The van der Waals surface area contributed by atoms with Crippen LogP contribution in [-0.2, 0) is 6.42 Å². The lowest BCUT2D eigenvalue weighted by molar-refractivity contribution is 0.102. The van der Waals surface area contributed by atoms with Crippen molar-refractivity contribution in [3.63, 3.8) is 0 Å². The number of anilines is 1. The van der Waals surface area contributed by atoms with E-state index < -0.39 is 0 Å². The molecule has 0 aliphatic carbocycles. The predicted molar refractivity (Wildman–Crippen MR) is 120 cm³/mol. The molecule has 7 heteroatoms. The highest BCUT2D eigenvalue weighted by atomic mass is 19.1. The Balaban J connectivity index is 1.40. The average molecular weight is 426 g/mol. The molecule has 158 valence electrons. The van der Waals surface area contributed by atoms with Crippen molar-refractivity contribution in [3.05, 3.63) is 101 Å². The summed E-state index contributed by atoms with van der Waals surface area (Å²) >= 11 is 0. The first-order valence-electron chi connectivity index (χ1n) is 10.1. The molecule has 0 saturated heterocycles. The third kappa shape index (κ3) is 3.76. The average Bonchev–Trinajstić information content (AvgIpc) is 3.38. The molecule has 0 radical (unpaired) electrons. The molecule has 0 saturated carbocycles. The highest BCUT2D eigenvalue weighted by Crippen LogP contribution is 2.27. The Bertz CT molecular complexity index is 1420. The van der Waals surface area contributed by atoms with E-state index in [1.165, 1.54) is 6.07 Å². The molecule has 5 aromatic rings. The van der Waals surface area contributed by atoms with Crippen LogP contribution in [0.3, 0.4) is 0 Å². The number of imidazole rings is 1. The summed E-state index contributed by atoms with van der Waals surface area (Å²) in [5, 5.41) is 6.98. The Morgan fingerprint density at radius 2 is 1.84 bits per heavy atom. The molecule has 2 heterocycles. The number of fused-ring (bicyclic) bond motifs is 1. The third-order valence-electron chi connectivity index (χ3n) is 5.24. The van der Waals surface area contributed by atoms with E-state index in [1.807, 2.05) is 36.4 Å². The molecule has 32 heavy (non-hydrogen) atoms. The van der Waals surface area contributed by atoms with Gasteiger partial charge in [0.2, 0.25) is 0 Å². The molecule has 0 aliphatic rings. The number of rotatable bonds is 5. The molecule has 5 rings (SSSR count). The first-order valence-corrected chi connectivity index (χ1v) is 10.1. The zero-order chi connectivity index (χ0) is 22.1. The van der Waals surface area contributed by atoms with Crippen LogP contribution in [0.25, 0.3) is 22.3 Å². The van der Waals surface area contributed by atoms with Crippen molar-refractivity contribution in [2.24, 2.45) is 0 Å². The third-order valence-corrected chi connectivity index (χ3v) is 5.24. The smallest absolute Gasteiger partial charge is 0.261 e. The Hall–Kier alpha value is -4.26. The van der Waals surface area contributed by atoms with Crippen LogP contribution in [0.2, 0.25) is 0 Å². The summed E-state index contributed by atoms with van der Waals surface area (Å²) in [6, 6.07) is 21.4. The lowest BCUT2D eigenvalue weighted by Gasteiger charge is -2.06. The summed E-state index contributed by atoms with van der Waals surface area (Å²) in [5.41, 5.74) is 4.34. The molecule has 0 aliphatic heterocycles. The molecule has 1 amide bonds. The van der Waals surface area contributed by atoms with E-state index in [9.17, 15) is 9.18 Å². The molecular weight excluding hydrogens is 407 g/mol. The molecular formula is C25H19FN4O2. The highest BCUT2D eigenvalue weighted by Gasteiger charge is 2.22. The van der Waals surface area contributed by atoms with Gasteiger partial charge in [-0.2, -0.15) is 0 Å². The number of nitrogens with zero attached hydrogens (tertiary/aromatic N) is 2. The van der Waals surface area contributed by atoms with E-state index in [0.29, 0.717) is 40.5 Å². The van der Waals surface area contributed by atoms with E-state index >= 15 is 0 Å². The molecule has 6 nitrogen and oxygen atoms in total. The van der Waals surface area contributed by atoms with Gasteiger partial charge >= 0.3 is 0 Å². The number of carbonyl (C=O) groups excluding carboxylic acids is 1. The van der Waals surface area contributed by atoms with Crippen molar-refractivity contribution in [1.82, 2.24) is 15.1 Å². The van der Waals surface area contributed by atoms with Gasteiger partial charge in [0.05, 0.1) is 11.0 Å². The van der Waals surface area contributed by atoms with E-state index in [4.69, 9.17) is 4.52 Å². The van der Waals surface area contributed by atoms with Crippen LogP contribution in [0.5, 0.6) is 0 Å². The van der Waals surface area contributed by atoms with Crippen LogP contribution in [-0.4, -0.2) is 21.0 Å². The summed E-state index contributed by atoms with van der Waals surface area (Å²) < 4.78 is 19.2. The first kappa shape index (κ1) is 19.7. The van der Waals surface area contributed by atoms with E-state index in [0.717, 1.165) is 16.6 Å². The zero-order valence-electron chi connectivity index (χ0n) is 17.2. The minimum Gasteiger partial charge on any atom is -0.360 e. The van der Waals surface area contributed by atoms with Crippen molar-refractivity contribution >= 4 is 22.6 Å². The molecule has 2 N–H and O–H groups in total. The van der Waals surface area contributed by atoms with Crippen LogP contribution in [0.1, 0.15) is 27.5 Å². The first-order chi connectivity index (χ1) is 15.6. The number of carbonyl (C=O) groups is 1. The number of halogens is 1. The van der Waals surface area contributed by atoms with Gasteiger partial charge in [-0.15, -0.1) is 0 Å². The molecule has 0 unspecified atom stereocenters. The number of H-pyrrole nitrogens is 1. The van der Waals surface area contributed by atoms with E-state index in [2.05, 4.69) is 20.4 Å². The van der Waals surface area contributed by atoms with Crippen molar-refractivity contribution in [1.29, 1.82) is 0 Å². The number of nitrogens with one attached hydrogen (secondary N) is 2. The summed E-state index contributed by atoms with van der Waals surface area (Å²) in [6.45, 7) is 1.71. The summed E-state index contributed by atoms with van der Waals surface area (Å²) in [7, 11) is 0. The number of hydrogen-bond acceptors (Lipinski definition) is 4. The SMILES string of the molecule is Cc1onc(-c2ccccc2)c1C(=O)Nc1ccc2nc(Cc3ccccc3F)[nH]c2c1. The van der Waals surface area contributed by atoms with Crippen LogP contribution in [0.4, 0.5) is 10.1 Å². The van der Waals surface area contributed by atoms with Crippen LogP contribution < -0.4 is 5.32 Å². The van der Waals surface area contributed by atoms with Crippen LogP contribution in [0.15, 0.2) is 77.3 Å². The highest BCUT2D eigenvalue weighted by molar-refractivity contribution is 6.09. The number of aryl methyl sites for hydroxylation is 1. The summed E-state index contributed by atoms with van der Waals surface area (Å²) in [4.78, 5) is 20.8. The minimum absolute atomic E-state index is 0.265. The lowest BCUT2D eigenvalue weighted by atomic mass is 10.1. The largest absolute Gasteiger partial charge is 0.360 e. The van der Waals surface area contributed by atoms with Gasteiger partial charge in [0, 0.05) is 17.7 Å². The van der Waals surface area contributed by atoms with Crippen LogP contribution in [0, 0.1) is 12.7 Å². The molecule has 0 bridgehead atoms. The van der Waals surface area contributed by atoms with Crippen molar-refractivity contribution in [2.75, 3.05) is 5.32 Å². The van der Waals surface area contributed by atoms with Crippen molar-refractivity contribution in [2.45, 2.75) is 13.3 Å². The molecule has 0 atom stereocenters. The van der Waals surface area contributed by atoms with Gasteiger partial charge in [-0.25, -0.2) is 9.37 Å². The van der Waals surface area contributed by atoms with Gasteiger partial charge in [-0.3, -0.25) is 4.79 Å². The Morgan fingerprint density at radius 1 is 1.06 bits per heavy atom. The van der Waals surface area contributed by atoms with Gasteiger partial charge < -0.3 is 14.8 Å². The van der Waals surface area contributed by atoms with Gasteiger partial charge in [0.1, 0.15) is 28.7 Å². The van der Waals surface area contributed by atoms with Gasteiger partial charge in [-0.1, -0.05) is 53.7 Å². The maximum Gasteiger partial charge on any atom is 0.261 e. The molecule has 2 aromatic heterocycles. The van der Waals surface area contributed by atoms with Gasteiger partial charge in [0.15, 0.2) is 0 Å². The summed E-state index contributed by atoms with van der Waals surface area (Å²) in [6.07, 6.45) is 0.351. The zero-order valence-corrected chi connectivity index (χ0v) is 17.2. The predicted octanol–water partition coefficient (Wildman–Crippen LogP) is 5.51. The fourth-order valence-corrected chi connectivity index (χ4v) is 3.67. The Kier molecular flexibility index (Phi) is 4.99. The number of aromatic nitrogens is 3. The van der Waals surface area contributed by atoms with Crippen molar-refractivity contribution < 1.29 is 13.7 Å². The lowest BCUT2D eigenvalue weighted by Crippen LogP contribution is -2.13. The minimum atomic E-state index is -0.312. The second-order valence-electron chi connectivity index (χ2n) is 7.47. The fourth-order valence-electron chi connectivity index (χ4n) is 3.67. The second kappa shape index (κ2) is 8.11. The van der Waals surface area contributed by atoms with Crippen molar-refractivity contribution in [3.8, 4) is 11.3 Å². The number of amides is 1. The standard InChI is InChI=1S/C25H19FN4O2/c1-15-23(24(30-32-15)16-7-3-2-4-8-16)25(31)27-18-11-12-20-21(14-18)29-22(28-20)13-17-9-5-6-10-19(17)26/h2-12,14H,13H2,1H3,(H,27,31)(H,28,29). The Morgan fingerprint density at radius 3 is 2.66 bits per heavy atom. The number of benzene rings is 3. The monoisotopic (exact) mass is 426 g/mol. The maximum absolute atomic E-state index is 14.0.